The summed E-state index contributed by atoms with van der Waals surface area (Å²) in [6, 6.07) is 11.6. The Kier molecular flexibility index (Phi) is 5.60. The molecule has 0 spiro atoms. The zero-order chi connectivity index (χ0) is 17.8. The van der Waals surface area contributed by atoms with Crippen LogP contribution in [0.25, 0.3) is 0 Å². The summed E-state index contributed by atoms with van der Waals surface area (Å²) in [4.78, 5) is 5.14. The smallest absolute Gasteiger partial charge is 0.168 e. The Morgan fingerprint density at radius 3 is 2.46 bits per heavy atom. The molecule has 0 amide bonds. The van der Waals surface area contributed by atoms with E-state index in [9.17, 15) is 0 Å². The molecule has 2 heterocycles. The number of rotatable bonds is 6. The number of benzene rings is 1. The van der Waals surface area contributed by atoms with Gasteiger partial charge in [-0.1, -0.05) is 50.1 Å². The topological polar surface area (TPSA) is 50.1 Å². The van der Waals surface area contributed by atoms with Crippen molar-refractivity contribution in [3.63, 3.8) is 0 Å². The minimum Gasteiger partial charge on any atom is -0.297 e. The fourth-order valence-corrected chi connectivity index (χ4v) is 4.51. The average molecular weight is 355 g/mol. The lowest BCUT2D eigenvalue weighted by molar-refractivity contribution is 0.0834. The van der Waals surface area contributed by atoms with E-state index in [2.05, 4.69) is 67.3 Å². The van der Waals surface area contributed by atoms with Gasteiger partial charge in [-0.25, -0.2) is 4.68 Å². The van der Waals surface area contributed by atoms with Crippen LogP contribution in [-0.2, 0) is 6.54 Å². The van der Waals surface area contributed by atoms with Crippen LogP contribution < -0.4 is 0 Å². The fourth-order valence-electron chi connectivity index (χ4n) is 4.51. The standard InChI is InChI=1S/C20H30N6/c1-2-19(20-21-22-23-26(20)18-10-6-7-11-18)25-14-12-24(13-15-25)16-17-8-4-3-5-9-17/h3-5,8-9,18-19H,2,6-7,10-16H2,1H3/t19-/m0/s1. The van der Waals surface area contributed by atoms with Gasteiger partial charge in [0, 0.05) is 32.7 Å². The van der Waals surface area contributed by atoms with E-state index in [0.29, 0.717) is 12.1 Å². The molecule has 1 aromatic carbocycles. The van der Waals surface area contributed by atoms with Gasteiger partial charge in [0.05, 0.1) is 12.1 Å². The number of nitrogens with zero attached hydrogens (tertiary/aromatic N) is 6. The highest BCUT2D eigenvalue weighted by atomic mass is 15.6. The van der Waals surface area contributed by atoms with Crippen molar-refractivity contribution in [1.82, 2.24) is 30.0 Å². The number of tetrazole rings is 1. The molecular formula is C20H30N6. The molecule has 2 aliphatic rings. The number of hydrogen-bond acceptors (Lipinski definition) is 5. The molecule has 0 N–H and O–H groups in total. The second kappa shape index (κ2) is 8.27. The molecule has 6 heteroatoms. The molecule has 0 unspecified atom stereocenters. The van der Waals surface area contributed by atoms with Crippen molar-refractivity contribution in [2.75, 3.05) is 26.2 Å². The molecule has 1 saturated heterocycles. The Morgan fingerprint density at radius 1 is 1.04 bits per heavy atom. The van der Waals surface area contributed by atoms with Crippen LogP contribution in [0.1, 0.15) is 62.5 Å². The van der Waals surface area contributed by atoms with Gasteiger partial charge in [0.2, 0.25) is 0 Å². The molecular weight excluding hydrogens is 324 g/mol. The lowest BCUT2D eigenvalue weighted by atomic mass is 10.1. The van der Waals surface area contributed by atoms with Crippen molar-refractivity contribution >= 4 is 0 Å². The molecule has 0 bridgehead atoms. The van der Waals surface area contributed by atoms with Crippen molar-refractivity contribution < 1.29 is 0 Å². The second-order valence-electron chi connectivity index (χ2n) is 7.64. The quantitative estimate of drug-likeness (QED) is 0.798. The largest absolute Gasteiger partial charge is 0.297 e. The van der Waals surface area contributed by atoms with E-state index < -0.39 is 0 Å². The minimum atomic E-state index is 0.337. The zero-order valence-corrected chi connectivity index (χ0v) is 15.8. The number of piperazine rings is 1. The van der Waals surface area contributed by atoms with Crippen LogP contribution in [-0.4, -0.2) is 56.2 Å². The summed E-state index contributed by atoms with van der Waals surface area (Å²) in [6.45, 7) is 7.69. The van der Waals surface area contributed by atoms with E-state index in [-0.39, 0.29) is 0 Å². The Bertz CT molecular complexity index is 671. The first kappa shape index (κ1) is 17.6. The summed E-state index contributed by atoms with van der Waals surface area (Å²) in [5, 5.41) is 12.8. The van der Waals surface area contributed by atoms with Gasteiger partial charge in [-0.05, 0) is 35.3 Å². The third-order valence-electron chi connectivity index (χ3n) is 5.97. The van der Waals surface area contributed by atoms with Crippen LogP contribution in [0.4, 0.5) is 0 Å². The van der Waals surface area contributed by atoms with E-state index in [1.54, 1.807) is 0 Å². The molecule has 2 fully saturated rings. The molecule has 1 aliphatic heterocycles. The molecule has 1 saturated carbocycles. The first-order valence-corrected chi connectivity index (χ1v) is 10.1. The van der Waals surface area contributed by atoms with Crippen LogP contribution >= 0.6 is 0 Å². The molecule has 1 aromatic heterocycles. The first-order valence-electron chi connectivity index (χ1n) is 10.1. The molecule has 0 radical (unpaired) electrons. The minimum absolute atomic E-state index is 0.337. The first-order chi connectivity index (χ1) is 12.8. The Hall–Kier alpha value is -1.79. The predicted octanol–water partition coefficient (Wildman–Crippen LogP) is 3.06. The van der Waals surface area contributed by atoms with Gasteiger partial charge >= 0.3 is 0 Å². The van der Waals surface area contributed by atoms with Crippen LogP contribution in [0.2, 0.25) is 0 Å². The normalized spacial score (nSPS) is 21.3. The van der Waals surface area contributed by atoms with Crippen LogP contribution in [0.3, 0.4) is 0 Å². The molecule has 2 aromatic rings. The Labute approximate surface area is 156 Å². The summed E-state index contributed by atoms with van der Waals surface area (Å²) in [5.74, 6) is 1.08. The van der Waals surface area contributed by atoms with Crippen LogP contribution in [0.15, 0.2) is 30.3 Å². The number of aromatic nitrogens is 4. The lowest BCUT2D eigenvalue weighted by Gasteiger charge is -2.38. The Morgan fingerprint density at radius 2 is 1.77 bits per heavy atom. The zero-order valence-electron chi connectivity index (χ0n) is 15.8. The molecule has 1 atom stereocenters. The van der Waals surface area contributed by atoms with E-state index in [1.165, 1.54) is 31.2 Å². The highest BCUT2D eigenvalue weighted by molar-refractivity contribution is 5.14. The average Bonchev–Trinajstić information content (AvgIpc) is 3.36. The molecule has 4 rings (SSSR count). The van der Waals surface area contributed by atoms with Crippen molar-refractivity contribution in [2.45, 2.75) is 57.7 Å². The third-order valence-corrected chi connectivity index (χ3v) is 5.97. The second-order valence-corrected chi connectivity index (χ2v) is 7.64. The van der Waals surface area contributed by atoms with E-state index >= 15 is 0 Å². The van der Waals surface area contributed by atoms with Gasteiger partial charge in [0.15, 0.2) is 5.82 Å². The van der Waals surface area contributed by atoms with E-state index in [0.717, 1.165) is 45.0 Å². The van der Waals surface area contributed by atoms with Gasteiger partial charge in [0.25, 0.3) is 0 Å². The lowest BCUT2D eigenvalue weighted by Crippen LogP contribution is -2.47. The molecule has 140 valence electrons. The monoisotopic (exact) mass is 354 g/mol. The molecule has 6 nitrogen and oxygen atoms in total. The Balaban J connectivity index is 1.39. The van der Waals surface area contributed by atoms with E-state index in [4.69, 9.17) is 0 Å². The third kappa shape index (κ3) is 3.81. The summed E-state index contributed by atoms with van der Waals surface area (Å²) >= 11 is 0. The van der Waals surface area contributed by atoms with Gasteiger partial charge in [-0.3, -0.25) is 9.80 Å². The fraction of sp³-hybridized carbons (Fsp3) is 0.650. The molecule has 1 aliphatic carbocycles. The summed E-state index contributed by atoms with van der Waals surface area (Å²) in [5.41, 5.74) is 1.40. The van der Waals surface area contributed by atoms with Crippen molar-refractivity contribution in [3.8, 4) is 0 Å². The van der Waals surface area contributed by atoms with Crippen molar-refractivity contribution in [3.05, 3.63) is 41.7 Å². The number of hydrogen-bond donors (Lipinski definition) is 0. The summed E-state index contributed by atoms with van der Waals surface area (Å²) < 4.78 is 2.14. The van der Waals surface area contributed by atoms with Crippen LogP contribution in [0.5, 0.6) is 0 Å². The van der Waals surface area contributed by atoms with Gasteiger partial charge in [-0.15, -0.1) is 5.10 Å². The van der Waals surface area contributed by atoms with Crippen molar-refractivity contribution in [1.29, 1.82) is 0 Å². The maximum atomic E-state index is 4.44. The van der Waals surface area contributed by atoms with Crippen LogP contribution in [0, 0.1) is 0 Å². The van der Waals surface area contributed by atoms with E-state index in [1.807, 2.05) is 0 Å². The van der Waals surface area contributed by atoms with Gasteiger partial charge in [-0.2, -0.15) is 0 Å². The summed E-state index contributed by atoms with van der Waals surface area (Å²) in [6.07, 6.45) is 6.11. The van der Waals surface area contributed by atoms with Gasteiger partial charge in [0.1, 0.15) is 0 Å². The predicted molar refractivity (Wildman–Crippen MR) is 102 cm³/mol. The maximum Gasteiger partial charge on any atom is 0.168 e. The van der Waals surface area contributed by atoms with Gasteiger partial charge < -0.3 is 0 Å². The SMILES string of the molecule is CC[C@@H](c1nnnn1C1CCCC1)N1CCN(Cc2ccccc2)CC1. The summed E-state index contributed by atoms with van der Waals surface area (Å²) in [7, 11) is 0. The highest BCUT2D eigenvalue weighted by Crippen LogP contribution is 2.32. The maximum absolute atomic E-state index is 4.44. The molecule has 26 heavy (non-hydrogen) atoms. The highest BCUT2D eigenvalue weighted by Gasteiger charge is 2.30. The van der Waals surface area contributed by atoms with Crippen molar-refractivity contribution in [2.24, 2.45) is 0 Å².